The van der Waals surface area contributed by atoms with Gasteiger partial charge in [0.05, 0.1) is 6.20 Å². The fraction of sp³-hybridized carbons (Fsp3) is 0.300. The van der Waals surface area contributed by atoms with Gasteiger partial charge in [0.1, 0.15) is 17.2 Å². The van der Waals surface area contributed by atoms with Crippen molar-refractivity contribution in [3.05, 3.63) is 53.3 Å². The molecule has 0 unspecified atom stereocenters. The minimum Gasteiger partial charge on any atom is -0.328 e. The van der Waals surface area contributed by atoms with Gasteiger partial charge in [-0.05, 0) is 25.0 Å². The summed E-state index contributed by atoms with van der Waals surface area (Å²) in [5.41, 5.74) is 2.95. The molecule has 0 radical (unpaired) electrons. The topological polar surface area (TPSA) is 80.1 Å². The highest BCUT2D eigenvalue weighted by Gasteiger charge is 2.21. The summed E-state index contributed by atoms with van der Waals surface area (Å²) in [5.74, 6) is -0.466. The van der Waals surface area contributed by atoms with E-state index in [9.17, 15) is 9.59 Å². The lowest BCUT2D eigenvalue weighted by molar-refractivity contribution is -0.116. The van der Waals surface area contributed by atoms with Crippen LogP contribution in [0.1, 0.15) is 29.4 Å². The van der Waals surface area contributed by atoms with E-state index in [-0.39, 0.29) is 18.4 Å². The number of anilines is 1. The summed E-state index contributed by atoms with van der Waals surface area (Å²) < 4.78 is 1.69. The van der Waals surface area contributed by atoms with E-state index in [2.05, 4.69) is 15.4 Å². The quantitative estimate of drug-likeness (QED) is 0.663. The fourth-order valence-electron chi connectivity index (χ4n) is 2.80. The number of amides is 2. The molecule has 2 amide bonds. The van der Waals surface area contributed by atoms with Crippen molar-refractivity contribution in [2.45, 2.75) is 20.3 Å². The van der Waals surface area contributed by atoms with Crippen LogP contribution in [0.25, 0.3) is 10.6 Å². The van der Waals surface area contributed by atoms with Crippen molar-refractivity contribution in [3.63, 3.8) is 0 Å². The molecule has 7 nitrogen and oxygen atoms in total. The van der Waals surface area contributed by atoms with E-state index in [1.165, 1.54) is 16.2 Å². The number of benzene rings is 1. The van der Waals surface area contributed by atoms with E-state index in [4.69, 9.17) is 0 Å². The van der Waals surface area contributed by atoms with Gasteiger partial charge < -0.3 is 10.2 Å². The number of rotatable bonds is 7. The normalized spacial score (nSPS) is 10.7. The maximum Gasteiger partial charge on any atom is 0.273 e. The van der Waals surface area contributed by atoms with Crippen molar-refractivity contribution < 1.29 is 9.59 Å². The number of hydrogen-bond donors (Lipinski definition) is 1. The summed E-state index contributed by atoms with van der Waals surface area (Å²) in [5, 5.41) is 9.47. The molecule has 1 aromatic carbocycles. The second-order valence-corrected chi connectivity index (χ2v) is 7.39. The Morgan fingerprint density at radius 3 is 2.75 bits per heavy atom. The number of aryl methyl sites for hydroxylation is 2. The minimum atomic E-state index is -0.242. The second kappa shape index (κ2) is 8.79. The Labute approximate surface area is 168 Å². The summed E-state index contributed by atoms with van der Waals surface area (Å²) in [4.78, 5) is 31.4. The van der Waals surface area contributed by atoms with Crippen molar-refractivity contribution in [2.24, 2.45) is 7.05 Å². The zero-order chi connectivity index (χ0) is 20.1. The molecule has 0 fully saturated rings. The molecule has 0 aliphatic rings. The predicted octanol–water partition coefficient (Wildman–Crippen LogP) is 3.34. The van der Waals surface area contributed by atoms with E-state index in [0.29, 0.717) is 12.2 Å². The molecule has 3 rings (SSSR count). The number of aromatic nitrogens is 3. The number of nitrogens with one attached hydrogen (secondary N) is 1. The van der Waals surface area contributed by atoms with Crippen LogP contribution in [-0.4, -0.2) is 44.6 Å². The van der Waals surface area contributed by atoms with Crippen molar-refractivity contribution in [1.82, 2.24) is 19.7 Å². The van der Waals surface area contributed by atoms with Crippen LogP contribution >= 0.6 is 11.3 Å². The highest BCUT2D eigenvalue weighted by atomic mass is 32.1. The number of nitrogens with zero attached hydrogens (tertiary/aromatic N) is 4. The van der Waals surface area contributed by atoms with E-state index in [1.54, 1.807) is 16.3 Å². The lowest BCUT2D eigenvalue weighted by Gasteiger charge is -2.21. The second-order valence-electron chi connectivity index (χ2n) is 6.53. The molecule has 0 saturated carbocycles. The van der Waals surface area contributed by atoms with E-state index in [1.807, 2.05) is 51.4 Å². The molecule has 1 N–H and O–H groups in total. The third-order valence-electron chi connectivity index (χ3n) is 4.21. The van der Waals surface area contributed by atoms with Gasteiger partial charge in [0.25, 0.3) is 5.91 Å². The largest absolute Gasteiger partial charge is 0.328 e. The number of hydrogen-bond acceptors (Lipinski definition) is 5. The number of thiazole rings is 1. The smallest absolute Gasteiger partial charge is 0.273 e. The first kappa shape index (κ1) is 19.8. The molecule has 0 aliphatic carbocycles. The maximum absolute atomic E-state index is 12.9. The SMILES string of the molecule is CCCN(CC(=O)Nc1ccccc1C)C(=O)c1csc(-c2cnn(C)c2)n1. The summed E-state index contributed by atoms with van der Waals surface area (Å²) in [7, 11) is 1.83. The zero-order valence-corrected chi connectivity index (χ0v) is 17.0. The van der Waals surface area contributed by atoms with Gasteiger partial charge in [-0.1, -0.05) is 25.1 Å². The molecular weight excluding hydrogens is 374 g/mol. The Balaban J connectivity index is 1.71. The Hall–Kier alpha value is -3.00. The van der Waals surface area contributed by atoms with Crippen molar-refractivity contribution in [3.8, 4) is 10.6 Å². The highest BCUT2D eigenvalue weighted by molar-refractivity contribution is 7.13. The molecule has 28 heavy (non-hydrogen) atoms. The minimum absolute atomic E-state index is 0.0131. The van der Waals surface area contributed by atoms with Crippen molar-refractivity contribution in [2.75, 3.05) is 18.4 Å². The lowest BCUT2D eigenvalue weighted by atomic mass is 10.2. The van der Waals surface area contributed by atoms with E-state index in [0.717, 1.165) is 28.2 Å². The molecule has 2 heterocycles. The Morgan fingerprint density at radius 2 is 2.07 bits per heavy atom. The number of carbonyl (C=O) groups is 2. The Morgan fingerprint density at radius 1 is 1.29 bits per heavy atom. The predicted molar refractivity (Wildman–Crippen MR) is 110 cm³/mol. The first-order valence-corrected chi connectivity index (χ1v) is 9.95. The monoisotopic (exact) mass is 397 g/mol. The van der Waals surface area contributed by atoms with E-state index >= 15 is 0 Å². The summed E-state index contributed by atoms with van der Waals surface area (Å²) in [6, 6.07) is 7.56. The third-order valence-corrected chi connectivity index (χ3v) is 5.10. The standard InChI is InChI=1S/C20H23N5O2S/c1-4-9-25(12-18(26)22-16-8-6-5-7-14(16)2)20(27)17-13-28-19(23-17)15-10-21-24(3)11-15/h5-8,10-11,13H,4,9,12H2,1-3H3,(H,22,26). The molecule has 8 heteroatoms. The van der Waals surface area contributed by atoms with Crippen LogP contribution in [-0.2, 0) is 11.8 Å². The Bertz CT molecular complexity index is 978. The molecule has 0 spiro atoms. The molecule has 0 atom stereocenters. The van der Waals surface area contributed by atoms with Crippen LogP contribution in [0.2, 0.25) is 0 Å². The molecule has 0 aliphatic heterocycles. The summed E-state index contributed by atoms with van der Waals surface area (Å²) in [6.45, 7) is 4.38. The van der Waals surface area contributed by atoms with Crippen LogP contribution in [0.4, 0.5) is 5.69 Å². The van der Waals surface area contributed by atoms with Crippen LogP contribution in [0.3, 0.4) is 0 Å². The molecule has 0 bridgehead atoms. The van der Waals surface area contributed by atoms with Gasteiger partial charge in [0.15, 0.2) is 0 Å². The first-order chi connectivity index (χ1) is 13.5. The van der Waals surface area contributed by atoms with Crippen molar-refractivity contribution >= 4 is 28.8 Å². The maximum atomic E-state index is 12.9. The number of carbonyl (C=O) groups excluding carboxylic acids is 2. The lowest BCUT2D eigenvalue weighted by Crippen LogP contribution is -2.38. The van der Waals surface area contributed by atoms with Crippen LogP contribution in [0.5, 0.6) is 0 Å². The molecule has 3 aromatic rings. The molecular formula is C20H23N5O2S. The highest BCUT2D eigenvalue weighted by Crippen LogP contribution is 2.23. The van der Waals surface area contributed by atoms with Gasteiger partial charge in [0.2, 0.25) is 5.91 Å². The third kappa shape index (κ3) is 4.64. The summed E-state index contributed by atoms with van der Waals surface area (Å²) in [6.07, 6.45) is 4.32. The average Bonchev–Trinajstić information content (AvgIpc) is 3.32. The first-order valence-electron chi connectivity index (χ1n) is 9.07. The van der Waals surface area contributed by atoms with Gasteiger partial charge in [-0.3, -0.25) is 14.3 Å². The number of para-hydroxylation sites is 1. The van der Waals surface area contributed by atoms with Crippen molar-refractivity contribution in [1.29, 1.82) is 0 Å². The van der Waals surface area contributed by atoms with Crippen LogP contribution in [0.15, 0.2) is 42.0 Å². The average molecular weight is 398 g/mol. The molecule has 2 aromatic heterocycles. The van der Waals surface area contributed by atoms with Gasteiger partial charge in [-0.25, -0.2) is 4.98 Å². The fourth-order valence-corrected chi connectivity index (χ4v) is 3.57. The van der Waals surface area contributed by atoms with Crippen LogP contribution in [0, 0.1) is 6.92 Å². The Kier molecular flexibility index (Phi) is 6.20. The van der Waals surface area contributed by atoms with Gasteiger partial charge in [-0.15, -0.1) is 11.3 Å². The van der Waals surface area contributed by atoms with Gasteiger partial charge >= 0.3 is 0 Å². The summed E-state index contributed by atoms with van der Waals surface area (Å²) >= 11 is 1.39. The molecule has 0 saturated heterocycles. The van der Waals surface area contributed by atoms with Crippen LogP contribution < -0.4 is 5.32 Å². The van der Waals surface area contributed by atoms with E-state index < -0.39 is 0 Å². The van der Waals surface area contributed by atoms with Gasteiger partial charge in [-0.2, -0.15) is 5.10 Å². The van der Waals surface area contributed by atoms with Gasteiger partial charge in [0, 0.05) is 36.4 Å². The zero-order valence-electron chi connectivity index (χ0n) is 16.2. The molecule has 146 valence electrons.